The maximum atomic E-state index is 13.0. The van der Waals surface area contributed by atoms with E-state index in [1.807, 2.05) is 50.8 Å². The second-order valence-corrected chi connectivity index (χ2v) is 9.48. The van der Waals surface area contributed by atoms with Crippen molar-refractivity contribution in [2.45, 2.75) is 71.9 Å². The Morgan fingerprint density at radius 1 is 1.24 bits per heavy atom. The van der Waals surface area contributed by atoms with Crippen molar-refractivity contribution in [2.75, 3.05) is 11.4 Å². The van der Waals surface area contributed by atoms with E-state index < -0.39 is 29.4 Å². The van der Waals surface area contributed by atoms with Crippen LogP contribution in [0.25, 0.3) is 0 Å². The summed E-state index contributed by atoms with van der Waals surface area (Å²) in [5.41, 5.74) is 8.00. The highest BCUT2D eigenvalue weighted by atomic mass is 16.4. The van der Waals surface area contributed by atoms with E-state index in [0.717, 1.165) is 25.1 Å². The number of aliphatic hydroxyl groups is 1. The van der Waals surface area contributed by atoms with E-state index in [0.29, 0.717) is 12.8 Å². The molecular weight excluding hydrogens is 368 g/mol. The minimum Gasteiger partial charge on any atom is -0.481 e. The number of hydrogen-bond donors (Lipinski definition) is 3. The highest BCUT2D eigenvalue weighted by Gasteiger charge is 2.33. The summed E-state index contributed by atoms with van der Waals surface area (Å²) in [4.78, 5) is 26.3. The van der Waals surface area contributed by atoms with Crippen LogP contribution in [0, 0.1) is 17.3 Å². The standard InChI is InChI=1S/C23H36N2O4/c1-15(2)17(22(28)29)12-20(26)18(24)13-23(3,4)14-21(27)25-11-7-9-16-8-5-6-10-19(16)25/h5-6,8,10,15,17-18,20,26H,7,9,11-14,24H2,1-4H3,(H,28,29). The normalized spacial score (nSPS) is 17.6. The molecule has 1 aromatic rings. The molecule has 0 aliphatic carbocycles. The quantitative estimate of drug-likeness (QED) is 0.586. The molecule has 0 saturated heterocycles. The second kappa shape index (κ2) is 9.72. The van der Waals surface area contributed by atoms with Crippen LogP contribution in [0.3, 0.4) is 0 Å². The smallest absolute Gasteiger partial charge is 0.306 e. The van der Waals surface area contributed by atoms with E-state index in [4.69, 9.17) is 5.73 Å². The Labute approximate surface area is 174 Å². The molecule has 1 amide bonds. The third-order valence-electron chi connectivity index (χ3n) is 5.94. The van der Waals surface area contributed by atoms with Gasteiger partial charge in [-0.1, -0.05) is 45.9 Å². The number of carboxylic acids is 1. The molecule has 3 atom stereocenters. The van der Waals surface area contributed by atoms with Crippen LogP contribution in [-0.4, -0.2) is 40.8 Å². The molecule has 0 aromatic heterocycles. The fourth-order valence-electron chi connectivity index (χ4n) is 4.24. The maximum absolute atomic E-state index is 13.0. The van der Waals surface area contributed by atoms with Crippen LogP contribution in [-0.2, 0) is 16.0 Å². The van der Waals surface area contributed by atoms with Crippen molar-refractivity contribution in [1.82, 2.24) is 0 Å². The number of rotatable bonds is 9. The zero-order valence-corrected chi connectivity index (χ0v) is 18.1. The molecule has 162 valence electrons. The van der Waals surface area contributed by atoms with Gasteiger partial charge < -0.3 is 20.8 Å². The van der Waals surface area contributed by atoms with Gasteiger partial charge in [-0.15, -0.1) is 0 Å². The van der Waals surface area contributed by atoms with Crippen molar-refractivity contribution >= 4 is 17.6 Å². The van der Waals surface area contributed by atoms with Gasteiger partial charge >= 0.3 is 5.97 Å². The predicted molar refractivity (Wildman–Crippen MR) is 115 cm³/mol. The lowest BCUT2D eigenvalue weighted by atomic mass is 9.79. The third kappa shape index (κ3) is 6.28. The van der Waals surface area contributed by atoms with Gasteiger partial charge in [-0.2, -0.15) is 0 Å². The summed E-state index contributed by atoms with van der Waals surface area (Å²) in [6.45, 7) is 8.33. The van der Waals surface area contributed by atoms with Gasteiger partial charge in [-0.05, 0) is 48.6 Å². The Morgan fingerprint density at radius 2 is 1.90 bits per heavy atom. The van der Waals surface area contributed by atoms with Crippen LogP contribution < -0.4 is 10.6 Å². The number of anilines is 1. The predicted octanol–water partition coefficient (Wildman–Crippen LogP) is 3.21. The molecule has 0 saturated carbocycles. The van der Waals surface area contributed by atoms with Crippen LogP contribution in [0.2, 0.25) is 0 Å². The van der Waals surface area contributed by atoms with Crippen molar-refractivity contribution in [3.8, 4) is 0 Å². The molecule has 1 aliphatic rings. The number of hydrogen-bond acceptors (Lipinski definition) is 4. The average molecular weight is 405 g/mol. The molecule has 1 heterocycles. The van der Waals surface area contributed by atoms with Crippen LogP contribution in [0.1, 0.15) is 58.9 Å². The highest BCUT2D eigenvalue weighted by molar-refractivity contribution is 5.94. The second-order valence-electron chi connectivity index (χ2n) is 9.48. The molecule has 29 heavy (non-hydrogen) atoms. The zero-order valence-electron chi connectivity index (χ0n) is 18.1. The number of aliphatic carboxylic acids is 1. The number of para-hydroxylation sites is 1. The van der Waals surface area contributed by atoms with Gasteiger partial charge in [0, 0.05) is 24.7 Å². The van der Waals surface area contributed by atoms with Crippen molar-refractivity contribution < 1.29 is 19.8 Å². The molecule has 0 radical (unpaired) electrons. The molecule has 3 unspecified atom stereocenters. The van der Waals surface area contributed by atoms with Gasteiger partial charge in [0.15, 0.2) is 0 Å². The maximum Gasteiger partial charge on any atom is 0.306 e. The Morgan fingerprint density at radius 3 is 2.52 bits per heavy atom. The lowest BCUT2D eigenvalue weighted by Crippen LogP contribution is -2.43. The van der Waals surface area contributed by atoms with Crippen molar-refractivity contribution in [3.05, 3.63) is 29.8 Å². The number of carbonyl (C=O) groups is 2. The number of nitrogens with zero attached hydrogens (tertiary/aromatic N) is 1. The van der Waals surface area contributed by atoms with Crippen LogP contribution in [0.15, 0.2) is 24.3 Å². The first-order chi connectivity index (χ1) is 13.5. The van der Waals surface area contributed by atoms with Crippen molar-refractivity contribution in [3.63, 3.8) is 0 Å². The molecule has 1 aromatic carbocycles. The van der Waals surface area contributed by atoms with Crippen LogP contribution >= 0.6 is 0 Å². The molecule has 0 bridgehead atoms. The first kappa shape index (κ1) is 23.4. The average Bonchev–Trinajstić information content (AvgIpc) is 2.63. The summed E-state index contributed by atoms with van der Waals surface area (Å²) >= 11 is 0. The van der Waals surface area contributed by atoms with Gasteiger partial charge in [-0.3, -0.25) is 9.59 Å². The number of benzene rings is 1. The summed E-state index contributed by atoms with van der Waals surface area (Å²) in [6.07, 6.45) is 1.92. The van der Waals surface area contributed by atoms with Gasteiger partial charge in [0.1, 0.15) is 0 Å². The number of nitrogens with two attached hydrogens (primary N) is 1. The first-order valence-corrected chi connectivity index (χ1v) is 10.6. The minimum atomic E-state index is -0.913. The Kier molecular flexibility index (Phi) is 7.83. The molecule has 6 nitrogen and oxygen atoms in total. The highest BCUT2D eigenvalue weighted by Crippen LogP contribution is 2.33. The van der Waals surface area contributed by atoms with E-state index in [-0.39, 0.29) is 18.2 Å². The zero-order chi connectivity index (χ0) is 21.8. The van der Waals surface area contributed by atoms with Crippen molar-refractivity contribution in [1.29, 1.82) is 0 Å². The lowest BCUT2D eigenvalue weighted by Gasteiger charge is -2.35. The van der Waals surface area contributed by atoms with E-state index in [1.165, 1.54) is 5.56 Å². The lowest BCUT2D eigenvalue weighted by molar-refractivity contribution is -0.144. The first-order valence-electron chi connectivity index (χ1n) is 10.6. The summed E-state index contributed by atoms with van der Waals surface area (Å²) in [5, 5.41) is 19.8. The fraction of sp³-hybridized carbons (Fsp3) is 0.652. The molecule has 0 fully saturated rings. The van der Waals surface area contributed by atoms with Gasteiger partial charge in [0.25, 0.3) is 0 Å². The third-order valence-corrected chi connectivity index (χ3v) is 5.94. The number of aliphatic hydroxyl groups excluding tert-OH is 1. The molecule has 4 N–H and O–H groups in total. The molecule has 1 aliphatic heterocycles. The summed E-state index contributed by atoms with van der Waals surface area (Å²) in [5.74, 6) is -1.56. The monoisotopic (exact) mass is 404 g/mol. The number of carboxylic acid groups (broad SMARTS) is 1. The van der Waals surface area contributed by atoms with E-state index >= 15 is 0 Å². The topological polar surface area (TPSA) is 104 Å². The van der Waals surface area contributed by atoms with Crippen LogP contribution in [0.5, 0.6) is 0 Å². The molecule has 2 rings (SSSR count). The van der Waals surface area contributed by atoms with E-state index in [1.54, 1.807) is 0 Å². The van der Waals surface area contributed by atoms with E-state index in [2.05, 4.69) is 6.07 Å². The van der Waals surface area contributed by atoms with Gasteiger partial charge in [0.2, 0.25) is 5.91 Å². The molecular formula is C23H36N2O4. The summed E-state index contributed by atoms with van der Waals surface area (Å²) < 4.78 is 0. The number of aryl methyl sites for hydroxylation is 1. The minimum absolute atomic E-state index is 0.0643. The van der Waals surface area contributed by atoms with E-state index in [9.17, 15) is 19.8 Å². The Balaban J connectivity index is 1.98. The Bertz CT molecular complexity index is 717. The number of fused-ring (bicyclic) bond motifs is 1. The van der Waals surface area contributed by atoms with Gasteiger partial charge in [-0.25, -0.2) is 0 Å². The van der Waals surface area contributed by atoms with Gasteiger partial charge in [0.05, 0.1) is 12.0 Å². The fourth-order valence-corrected chi connectivity index (χ4v) is 4.24. The van der Waals surface area contributed by atoms with Crippen molar-refractivity contribution in [2.24, 2.45) is 23.0 Å². The number of carbonyl (C=O) groups excluding carboxylic acids is 1. The SMILES string of the molecule is CC(C)C(CC(O)C(N)CC(C)(C)CC(=O)N1CCCc2ccccc21)C(=O)O. The Hall–Kier alpha value is -1.92. The molecule has 6 heteroatoms. The summed E-state index contributed by atoms with van der Waals surface area (Å²) in [6, 6.07) is 7.44. The summed E-state index contributed by atoms with van der Waals surface area (Å²) in [7, 11) is 0. The van der Waals surface area contributed by atoms with Crippen LogP contribution in [0.4, 0.5) is 5.69 Å². The largest absolute Gasteiger partial charge is 0.481 e. The molecule has 0 spiro atoms. The number of amides is 1.